The lowest BCUT2D eigenvalue weighted by Crippen LogP contribution is -2.01. The topological polar surface area (TPSA) is 64.7 Å². The third kappa shape index (κ3) is 3.98. The van der Waals surface area contributed by atoms with E-state index in [9.17, 15) is 0 Å². The Morgan fingerprint density at radius 2 is 2.06 bits per heavy atom. The average molecular weight is 225 g/mol. The standard InChI is InChI=1S/C12H19NO3/c1-15-10-5-6-11(13)12(9-10)16-8-4-2-3-7-14/h5-6,9,14H,2-4,7-8,13H2,1H3. The number of aliphatic hydroxyl groups excluding tert-OH is 1. The van der Waals surface area contributed by atoms with Crippen LogP contribution in [0.2, 0.25) is 0 Å². The van der Waals surface area contributed by atoms with Crippen LogP contribution in [0.1, 0.15) is 19.3 Å². The minimum absolute atomic E-state index is 0.237. The van der Waals surface area contributed by atoms with E-state index in [-0.39, 0.29) is 6.61 Å². The summed E-state index contributed by atoms with van der Waals surface area (Å²) in [4.78, 5) is 0. The van der Waals surface area contributed by atoms with E-state index in [0.717, 1.165) is 25.0 Å². The second-order valence-electron chi connectivity index (χ2n) is 3.54. The summed E-state index contributed by atoms with van der Waals surface area (Å²) in [5.41, 5.74) is 6.38. The zero-order chi connectivity index (χ0) is 11.8. The molecule has 0 bridgehead atoms. The van der Waals surface area contributed by atoms with Gasteiger partial charge in [0.05, 0.1) is 19.4 Å². The molecule has 1 aromatic carbocycles. The summed E-state index contributed by atoms with van der Waals surface area (Å²) < 4.78 is 10.6. The van der Waals surface area contributed by atoms with Crippen molar-refractivity contribution in [2.75, 3.05) is 26.1 Å². The molecule has 4 heteroatoms. The molecule has 4 nitrogen and oxygen atoms in total. The van der Waals surface area contributed by atoms with Crippen molar-refractivity contribution in [2.45, 2.75) is 19.3 Å². The molecule has 0 radical (unpaired) electrons. The van der Waals surface area contributed by atoms with E-state index in [1.807, 2.05) is 0 Å². The molecule has 0 fully saturated rings. The number of ether oxygens (including phenoxy) is 2. The van der Waals surface area contributed by atoms with Crippen molar-refractivity contribution in [3.8, 4) is 11.5 Å². The van der Waals surface area contributed by atoms with Crippen molar-refractivity contribution in [3.05, 3.63) is 18.2 Å². The summed E-state index contributed by atoms with van der Waals surface area (Å²) in [5.74, 6) is 1.39. The number of nitrogens with two attached hydrogens (primary N) is 1. The van der Waals surface area contributed by atoms with E-state index in [2.05, 4.69) is 0 Å². The van der Waals surface area contributed by atoms with Crippen LogP contribution < -0.4 is 15.2 Å². The Balaban J connectivity index is 2.40. The normalized spacial score (nSPS) is 10.1. The fourth-order valence-electron chi connectivity index (χ4n) is 1.34. The number of methoxy groups -OCH3 is 1. The molecule has 3 N–H and O–H groups in total. The predicted molar refractivity (Wildman–Crippen MR) is 63.8 cm³/mol. The van der Waals surface area contributed by atoms with Gasteiger partial charge in [0.2, 0.25) is 0 Å². The molecule has 0 aliphatic carbocycles. The fraction of sp³-hybridized carbons (Fsp3) is 0.500. The highest BCUT2D eigenvalue weighted by molar-refractivity contribution is 5.55. The maximum atomic E-state index is 8.62. The maximum Gasteiger partial charge on any atom is 0.145 e. The van der Waals surface area contributed by atoms with E-state index >= 15 is 0 Å². The lowest BCUT2D eigenvalue weighted by atomic mass is 10.2. The van der Waals surface area contributed by atoms with Gasteiger partial charge in [0.15, 0.2) is 0 Å². The van der Waals surface area contributed by atoms with Gasteiger partial charge < -0.3 is 20.3 Å². The van der Waals surface area contributed by atoms with Gasteiger partial charge in [-0.3, -0.25) is 0 Å². The van der Waals surface area contributed by atoms with Crippen LogP contribution in [0.4, 0.5) is 5.69 Å². The molecule has 0 aliphatic heterocycles. The predicted octanol–water partition coefficient (Wildman–Crippen LogP) is 1.82. The average Bonchev–Trinajstić information content (AvgIpc) is 2.31. The van der Waals surface area contributed by atoms with Gasteiger partial charge >= 0.3 is 0 Å². The number of unbranched alkanes of at least 4 members (excludes halogenated alkanes) is 2. The summed E-state index contributed by atoms with van der Waals surface area (Å²) in [5, 5.41) is 8.62. The van der Waals surface area contributed by atoms with Crippen LogP contribution in [0.25, 0.3) is 0 Å². The number of hydrogen-bond donors (Lipinski definition) is 2. The smallest absolute Gasteiger partial charge is 0.145 e. The molecule has 0 amide bonds. The molecule has 0 atom stereocenters. The van der Waals surface area contributed by atoms with Gasteiger partial charge in [0, 0.05) is 12.7 Å². The van der Waals surface area contributed by atoms with Gasteiger partial charge in [0.1, 0.15) is 11.5 Å². The minimum Gasteiger partial charge on any atom is -0.497 e. The molecule has 0 saturated carbocycles. The Labute approximate surface area is 96.0 Å². The molecule has 1 aromatic rings. The molecule has 0 unspecified atom stereocenters. The number of nitrogen functional groups attached to an aromatic ring is 1. The van der Waals surface area contributed by atoms with Gasteiger partial charge in [-0.25, -0.2) is 0 Å². The number of aliphatic hydroxyl groups is 1. The molecule has 0 saturated heterocycles. The van der Waals surface area contributed by atoms with Crippen LogP contribution in [0.15, 0.2) is 18.2 Å². The zero-order valence-electron chi connectivity index (χ0n) is 9.61. The first-order valence-electron chi connectivity index (χ1n) is 5.45. The van der Waals surface area contributed by atoms with Gasteiger partial charge in [0.25, 0.3) is 0 Å². The van der Waals surface area contributed by atoms with Gasteiger partial charge in [-0.2, -0.15) is 0 Å². The van der Waals surface area contributed by atoms with Crippen LogP contribution in [0, 0.1) is 0 Å². The molecular weight excluding hydrogens is 206 g/mol. The van der Waals surface area contributed by atoms with Crippen LogP contribution in [-0.2, 0) is 0 Å². The van der Waals surface area contributed by atoms with Crippen LogP contribution >= 0.6 is 0 Å². The summed E-state index contributed by atoms with van der Waals surface area (Å²) >= 11 is 0. The third-order valence-corrected chi connectivity index (χ3v) is 2.28. The monoisotopic (exact) mass is 225 g/mol. The maximum absolute atomic E-state index is 8.62. The highest BCUT2D eigenvalue weighted by Gasteiger charge is 2.02. The molecule has 0 heterocycles. The number of anilines is 1. The molecule has 0 spiro atoms. The van der Waals surface area contributed by atoms with Crippen LogP contribution in [0.5, 0.6) is 11.5 Å². The molecule has 0 aliphatic rings. The van der Waals surface area contributed by atoms with Crippen molar-refractivity contribution in [3.63, 3.8) is 0 Å². The number of rotatable bonds is 7. The van der Waals surface area contributed by atoms with Crippen molar-refractivity contribution >= 4 is 5.69 Å². The minimum atomic E-state index is 0.237. The molecular formula is C12H19NO3. The van der Waals surface area contributed by atoms with Crippen LogP contribution in [-0.4, -0.2) is 25.4 Å². The first-order chi connectivity index (χ1) is 7.77. The molecule has 1 rings (SSSR count). The van der Waals surface area contributed by atoms with E-state index in [1.165, 1.54) is 0 Å². The largest absolute Gasteiger partial charge is 0.497 e. The van der Waals surface area contributed by atoms with Crippen molar-refractivity contribution < 1.29 is 14.6 Å². The summed E-state index contributed by atoms with van der Waals surface area (Å²) in [7, 11) is 1.61. The summed E-state index contributed by atoms with van der Waals surface area (Å²) in [6.07, 6.45) is 2.69. The second kappa shape index (κ2) is 6.95. The summed E-state index contributed by atoms with van der Waals surface area (Å²) in [6, 6.07) is 5.34. The Bertz CT molecular complexity index is 315. The van der Waals surface area contributed by atoms with Crippen molar-refractivity contribution in [2.24, 2.45) is 0 Å². The lowest BCUT2D eigenvalue weighted by molar-refractivity contribution is 0.266. The third-order valence-electron chi connectivity index (χ3n) is 2.28. The Morgan fingerprint density at radius 3 is 2.75 bits per heavy atom. The Kier molecular flexibility index (Phi) is 5.50. The van der Waals surface area contributed by atoms with E-state index in [1.54, 1.807) is 25.3 Å². The van der Waals surface area contributed by atoms with Gasteiger partial charge in [-0.15, -0.1) is 0 Å². The highest BCUT2D eigenvalue weighted by Crippen LogP contribution is 2.26. The number of hydrogen-bond acceptors (Lipinski definition) is 4. The fourth-order valence-corrected chi connectivity index (χ4v) is 1.34. The van der Waals surface area contributed by atoms with Crippen molar-refractivity contribution in [1.82, 2.24) is 0 Å². The Hall–Kier alpha value is -1.42. The SMILES string of the molecule is COc1ccc(N)c(OCCCCCO)c1. The lowest BCUT2D eigenvalue weighted by Gasteiger charge is -2.10. The second-order valence-corrected chi connectivity index (χ2v) is 3.54. The van der Waals surface area contributed by atoms with Gasteiger partial charge in [-0.05, 0) is 31.4 Å². The van der Waals surface area contributed by atoms with E-state index in [4.69, 9.17) is 20.3 Å². The van der Waals surface area contributed by atoms with Crippen LogP contribution in [0.3, 0.4) is 0 Å². The Morgan fingerprint density at radius 1 is 1.25 bits per heavy atom. The molecule has 0 aromatic heterocycles. The van der Waals surface area contributed by atoms with E-state index < -0.39 is 0 Å². The molecule has 90 valence electrons. The van der Waals surface area contributed by atoms with Crippen molar-refractivity contribution in [1.29, 1.82) is 0 Å². The quantitative estimate of drug-likeness (QED) is 0.548. The summed E-state index contributed by atoms with van der Waals surface area (Å²) in [6.45, 7) is 0.846. The number of benzene rings is 1. The first-order valence-corrected chi connectivity index (χ1v) is 5.45. The first kappa shape index (κ1) is 12.6. The van der Waals surface area contributed by atoms with Gasteiger partial charge in [-0.1, -0.05) is 0 Å². The molecule has 16 heavy (non-hydrogen) atoms. The van der Waals surface area contributed by atoms with E-state index in [0.29, 0.717) is 18.0 Å². The highest BCUT2D eigenvalue weighted by atomic mass is 16.5. The zero-order valence-corrected chi connectivity index (χ0v) is 9.61.